The van der Waals surface area contributed by atoms with E-state index < -0.39 is 48.0 Å². The maximum absolute atomic E-state index is 13.0. The van der Waals surface area contributed by atoms with Crippen LogP contribution in [0.25, 0.3) is 5.69 Å². The number of hydrogen-bond acceptors (Lipinski definition) is 6. The van der Waals surface area contributed by atoms with E-state index in [0.717, 1.165) is 28.9 Å². The molecule has 3 aromatic rings. The Labute approximate surface area is 193 Å². The van der Waals surface area contributed by atoms with Gasteiger partial charge in [-0.25, -0.2) is 9.48 Å². The van der Waals surface area contributed by atoms with Crippen LogP contribution in [0, 0.1) is 6.92 Å². The number of amides is 1. The van der Waals surface area contributed by atoms with Crippen molar-refractivity contribution in [1.82, 2.24) is 9.78 Å². The van der Waals surface area contributed by atoms with Crippen LogP contribution >= 0.6 is 0 Å². The number of aryl methyl sites for hydroxylation is 1. The number of esters is 1. The molecule has 35 heavy (non-hydrogen) atoms. The van der Waals surface area contributed by atoms with Crippen molar-refractivity contribution in [2.75, 3.05) is 11.9 Å². The summed E-state index contributed by atoms with van der Waals surface area (Å²) in [6, 6.07) is 10.3. The van der Waals surface area contributed by atoms with E-state index in [-0.39, 0.29) is 22.8 Å². The van der Waals surface area contributed by atoms with E-state index in [9.17, 15) is 36.3 Å². The minimum atomic E-state index is -4.63. The summed E-state index contributed by atoms with van der Waals surface area (Å²) in [5.74, 6) is -2.58. The van der Waals surface area contributed by atoms with Gasteiger partial charge in [-0.1, -0.05) is 18.2 Å². The number of aromatic nitrogens is 2. The summed E-state index contributed by atoms with van der Waals surface area (Å²) >= 11 is 0. The van der Waals surface area contributed by atoms with Crippen molar-refractivity contribution in [3.63, 3.8) is 0 Å². The Morgan fingerprint density at radius 2 is 1.80 bits per heavy atom. The molecule has 0 bridgehead atoms. The standard InChI is InChI=1S/C22H16F5N3O5/c1-12-9-16(31)19(29-30(12)14-6-4-5-13(10-14)22(25,26)27)20(33)34-11-18(32)28-15-7-2-3-8-17(15)35-21(23)24/h2-10,21H,11H2,1H3,(H,28,32). The summed E-state index contributed by atoms with van der Waals surface area (Å²) in [5.41, 5.74) is -2.67. The van der Waals surface area contributed by atoms with Gasteiger partial charge in [-0.15, -0.1) is 0 Å². The number of carbonyl (C=O) groups is 2. The maximum Gasteiger partial charge on any atom is 0.416 e. The average Bonchev–Trinajstić information content (AvgIpc) is 2.78. The largest absolute Gasteiger partial charge is 0.451 e. The Morgan fingerprint density at radius 3 is 2.49 bits per heavy atom. The smallest absolute Gasteiger partial charge is 0.416 e. The summed E-state index contributed by atoms with van der Waals surface area (Å²) in [5, 5.41) is 6.02. The van der Waals surface area contributed by atoms with E-state index >= 15 is 0 Å². The summed E-state index contributed by atoms with van der Waals surface area (Å²) in [6.45, 7) is -2.66. The number of nitrogens with one attached hydrogen (secondary N) is 1. The van der Waals surface area contributed by atoms with Crippen LogP contribution in [0.4, 0.5) is 27.6 Å². The van der Waals surface area contributed by atoms with E-state index in [0.29, 0.717) is 0 Å². The lowest BCUT2D eigenvalue weighted by atomic mass is 10.2. The predicted molar refractivity (Wildman–Crippen MR) is 112 cm³/mol. The molecule has 8 nitrogen and oxygen atoms in total. The van der Waals surface area contributed by atoms with Gasteiger partial charge < -0.3 is 14.8 Å². The number of rotatable bonds is 7. The van der Waals surface area contributed by atoms with Gasteiger partial charge in [-0.05, 0) is 37.3 Å². The molecule has 0 saturated heterocycles. The molecule has 0 fully saturated rings. The van der Waals surface area contributed by atoms with Crippen LogP contribution in [0.2, 0.25) is 0 Å². The number of ether oxygens (including phenoxy) is 2. The van der Waals surface area contributed by atoms with Crippen molar-refractivity contribution >= 4 is 17.6 Å². The van der Waals surface area contributed by atoms with E-state index in [4.69, 9.17) is 4.74 Å². The highest BCUT2D eigenvalue weighted by Crippen LogP contribution is 2.30. The first-order valence-electron chi connectivity index (χ1n) is 9.75. The van der Waals surface area contributed by atoms with E-state index in [1.54, 1.807) is 0 Å². The van der Waals surface area contributed by atoms with Gasteiger partial charge in [0.1, 0.15) is 5.75 Å². The van der Waals surface area contributed by atoms with Crippen molar-refractivity contribution in [3.8, 4) is 11.4 Å². The summed E-state index contributed by atoms with van der Waals surface area (Å²) in [4.78, 5) is 36.7. The number of hydrogen-bond donors (Lipinski definition) is 1. The topological polar surface area (TPSA) is 99.5 Å². The molecule has 0 atom stereocenters. The third-order valence-electron chi connectivity index (χ3n) is 4.43. The second-order valence-electron chi connectivity index (χ2n) is 6.96. The quantitative estimate of drug-likeness (QED) is 0.392. The molecular formula is C22H16F5N3O5. The molecule has 1 aromatic heterocycles. The van der Waals surface area contributed by atoms with Gasteiger partial charge in [0.15, 0.2) is 6.61 Å². The first-order chi connectivity index (χ1) is 16.5. The molecule has 184 valence electrons. The summed E-state index contributed by atoms with van der Waals surface area (Å²) < 4.78 is 74.1. The van der Waals surface area contributed by atoms with Crippen molar-refractivity contribution in [2.45, 2.75) is 19.7 Å². The van der Waals surface area contributed by atoms with Crippen LogP contribution in [-0.2, 0) is 15.7 Å². The van der Waals surface area contributed by atoms with Gasteiger partial charge in [-0.2, -0.15) is 27.1 Å². The van der Waals surface area contributed by atoms with Gasteiger partial charge in [0, 0.05) is 11.8 Å². The maximum atomic E-state index is 13.0. The molecular weight excluding hydrogens is 481 g/mol. The van der Waals surface area contributed by atoms with Crippen molar-refractivity contribution in [3.05, 3.63) is 81.8 Å². The molecule has 0 unspecified atom stereocenters. The zero-order valence-electron chi connectivity index (χ0n) is 17.8. The fraction of sp³-hybridized carbons (Fsp3) is 0.182. The lowest BCUT2D eigenvalue weighted by molar-refractivity contribution is -0.137. The number of anilines is 1. The highest BCUT2D eigenvalue weighted by molar-refractivity contribution is 5.95. The van der Waals surface area contributed by atoms with Crippen LogP contribution in [0.1, 0.15) is 21.7 Å². The molecule has 1 heterocycles. The monoisotopic (exact) mass is 497 g/mol. The Morgan fingerprint density at radius 1 is 1.09 bits per heavy atom. The van der Waals surface area contributed by atoms with E-state index in [2.05, 4.69) is 15.2 Å². The van der Waals surface area contributed by atoms with Gasteiger partial charge in [0.05, 0.1) is 16.9 Å². The Balaban J connectivity index is 1.76. The number of carbonyl (C=O) groups excluding carboxylic acids is 2. The number of para-hydroxylation sites is 2. The Kier molecular flexibility index (Phi) is 7.47. The van der Waals surface area contributed by atoms with E-state index in [1.807, 2.05) is 0 Å². The molecule has 0 aliphatic carbocycles. The first kappa shape index (κ1) is 25.3. The minimum absolute atomic E-state index is 0.0697. The zero-order chi connectivity index (χ0) is 25.8. The van der Waals surface area contributed by atoms with Crippen LogP contribution in [-0.4, -0.2) is 34.9 Å². The molecule has 13 heteroatoms. The molecule has 0 radical (unpaired) electrons. The lowest BCUT2D eigenvalue weighted by Gasteiger charge is -2.14. The lowest BCUT2D eigenvalue weighted by Crippen LogP contribution is -2.27. The zero-order valence-corrected chi connectivity index (χ0v) is 17.8. The van der Waals surface area contributed by atoms with Gasteiger partial charge in [0.2, 0.25) is 11.1 Å². The van der Waals surface area contributed by atoms with E-state index in [1.165, 1.54) is 37.3 Å². The number of halogens is 5. The fourth-order valence-corrected chi connectivity index (χ4v) is 2.92. The SMILES string of the molecule is Cc1cc(=O)c(C(=O)OCC(=O)Nc2ccccc2OC(F)F)nn1-c1cccc(C(F)(F)F)c1. The molecule has 1 N–H and O–H groups in total. The van der Waals surface area contributed by atoms with Crippen LogP contribution in [0.5, 0.6) is 5.75 Å². The predicted octanol–water partition coefficient (Wildman–Crippen LogP) is 3.96. The molecule has 0 spiro atoms. The molecule has 2 aromatic carbocycles. The normalized spacial score (nSPS) is 11.3. The number of alkyl halides is 5. The van der Waals surface area contributed by atoms with Gasteiger partial charge >= 0.3 is 18.8 Å². The van der Waals surface area contributed by atoms with Crippen molar-refractivity contribution in [2.24, 2.45) is 0 Å². The molecule has 0 saturated carbocycles. The number of nitrogens with zero attached hydrogens (tertiary/aromatic N) is 2. The Bertz CT molecular complexity index is 1310. The van der Waals surface area contributed by atoms with Crippen LogP contribution in [0.3, 0.4) is 0 Å². The van der Waals surface area contributed by atoms with Crippen LogP contribution < -0.4 is 15.5 Å². The second-order valence-corrected chi connectivity index (χ2v) is 6.96. The third-order valence-corrected chi connectivity index (χ3v) is 4.43. The minimum Gasteiger partial charge on any atom is -0.451 e. The van der Waals surface area contributed by atoms with Crippen molar-refractivity contribution in [1.29, 1.82) is 0 Å². The van der Waals surface area contributed by atoms with Crippen LogP contribution in [0.15, 0.2) is 59.4 Å². The third kappa shape index (κ3) is 6.40. The average molecular weight is 497 g/mol. The first-order valence-corrected chi connectivity index (χ1v) is 9.75. The summed E-state index contributed by atoms with van der Waals surface area (Å²) in [7, 11) is 0. The molecule has 0 aliphatic rings. The summed E-state index contributed by atoms with van der Waals surface area (Å²) in [6.07, 6.45) is -4.63. The second kappa shape index (κ2) is 10.3. The highest BCUT2D eigenvalue weighted by Gasteiger charge is 2.30. The number of benzene rings is 2. The fourth-order valence-electron chi connectivity index (χ4n) is 2.92. The molecule has 3 rings (SSSR count). The molecule has 1 amide bonds. The molecule has 0 aliphatic heterocycles. The highest BCUT2D eigenvalue weighted by atomic mass is 19.4. The Hall–Kier alpha value is -4.29. The van der Waals surface area contributed by atoms with Crippen molar-refractivity contribution < 1.29 is 41.0 Å². The van der Waals surface area contributed by atoms with Gasteiger partial charge in [-0.3, -0.25) is 9.59 Å². The van der Waals surface area contributed by atoms with Gasteiger partial charge in [0.25, 0.3) is 5.91 Å².